The van der Waals surface area contributed by atoms with Gasteiger partial charge in [-0.05, 0) is 109 Å². The molecule has 0 unspecified atom stereocenters. The van der Waals surface area contributed by atoms with Crippen molar-refractivity contribution < 1.29 is 0 Å². The van der Waals surface area contributed by atoms with Crippen LogP contribution in [0.3, 0.4) is 0 Å². The number of fused-ring (bicyclic) bond motifs is 9. The van der Waals surface area contributed by atoms with Crippen LogP contribution in [0.2, 0.25) is 0 Å². The fourth-order valence-electron chi connectivity index (χ4n) is 10.8. The fourth-order valence-corrected chi connectivity index (χ4v) is 12.0. The van der Waals surface area contributed by atoms with Gasteiger partial charge >= 0.3 is 0 Å². The summed E-state index contributed by atoms with van der Waals surface area (Å²) in [7, 11) is 0. The first-order valence-electron chi connectivity index (χ1n) is 20.9. The van der Waals surface area contributed by atoms with Gasteiger partial charge in [-0.3, -0.25) is 0 Å². The lowest BCUT2D eigenvalue weighted by Crippen LogP contribution is -2.28. The molecule has 2 heteroatoms. The minimum absolute atomic E-state index is 0.132. The number of hydrogen-bond donors (Lipinski definition) is 0. The highest BCUT2D eigenvalue weighted by Crippen LogP contribution is 2.58. The summed E-state index contributed by atoms with van der Waals surface area (Å²) >= 11 is 1.87. The van der Waals surface area contributed by atoms with Crippen molar-refractivity contribution >= 4 is 48.6 Å². The molecule has 0 spiro atoms. The van der Waals surface area contributed by atoms with Crippen molar-refractivity contribution in [2.75, 3.05) is 4.90 Å². The van der Waals surface area contributed by atoms with Crippen LogP contribution in [0.5, 0.6) is 0 Å². The molecule has 0 saturated heterocycles. The molecule has 2 aliphatic rings. The summed E-state index contributed by atoms with van der Waals surface area (Å²) in [6.45, 7) is 4.77. The molecule has 0 saturated carbocycles. The van der Waals surface area contributed by atoms with E-state index in [9.17, 15) is 0 Å². The largest absolute Gasteiger partial charge is 0.310 e. The van der Waals surface area contributed by atoms with Crippen LogP contribution in [0.1, 0.15) is 47.2 Å². The van der Waals surface area contributed by atoms with Gasteiger partial charge in [-0.15, -0.1) is 11.3 Å². The molecule has 9 aromatic carbocycles. The lowest BCUT2D eigenvalue weighted by molar-refractivity contribution is 0.662. The summed E-state index contributed by atoms with van der Waals surface area (Å²) in [5, 5.41) is 2.56. The molecule has 2 aliphatic carbocycles. The smallest absolute Gasteiger partial charge is 0.0714 e. The molecular formula is C58H41NS. The van der Waals surface area contributed by atoms with E-state index in [1.165, 1.54) is 92.6 Å². The number of thiophene rings is 1. The summed E-state index contributed by atoms with van der Waals surface area (Å²) in [6.07, 6.45) is 0. The molecule has 1 nitrogen and oxygen atoms in total. The zero-order chi connectivity index (χ0) is 40.0. The zero-order valence-electron chi connectivity index (χ0n) is 33.6. The molecule has 0 atom stereocenters. The van der Waals surface area contributed by atoms with E-state index in [2.05, 4.69) is 231 Å². The molecule has 0 bridgehead atoms. The minimum atomic E-state index is -0.510. The normalized spacial score (nSPS) is 14.1. The maximum Gasteiger partial charge on any atom is 0.0714 e. The topological polar surface area (TPSA) is 3.24 Å². The van der Waals surface area contributed by atoms with Gasteiger partial charge in [0.05, 0.1) is 11.1 Å². The maximum absolute atomic E-state index is 2.53. The van der Waals surface area contributed by atoms with E-state index in [-0.39, 0.29) is 5.41 Å². The van der Waals surface area contributed by atoms with Gasteiger partial charge in [0.25, 0.3) is 0 Å². The van der Waals surface area contributed by atoms with Crippen molar-refractivity contribution in [1.29, 1.82) is 0 Å². The predicted octanol–water partition coefficient (Wildman–Crippen LogP) is 15.9. The van der Waals surface area contributed by atoms with Crippen LogP contribution < -0.4 is 4.90 Å². The second-order valence-electron chi connectivity index (χ2n) is 16.8. The third-order valence-corrected chi connectivity index (χ3v) is 14.5. The molecule has 12 rings (SSSR count). The molecule has 0 N–H and O–H groups in total. The third kappa shape index (κ3) is 4.92. The van der Waals surface area contributed by atoms with Crippen molar-refractivity contribution in [3.63, 3.8) is 0 Å². The van der Waals surface area contributed by atoms with Crippen molar-refractivity contribution in [3.05, 3.63) is 246 Å². The van der Waals surface area contributed by atoms with E-state index < -0.39 is 5.41 Å². The Bertz CT molecular complexity index is 3260. The van der Waals surface area contributed by atoms with Crippen molar-refractivity contribution in [2.24, 2.45) is 0 Å². The lowest BCUT2D eigenvalue weighted by Gasteiger charge is -2.35. The third-order valence-electron chi connectivity index (χ3n) is 13.3. The highest BCUT2D eigenvalue weighted by molar-refractivity contribution is 7.26. The fraction of sp³-hybridized carbons (Fsp3) is 0.0690. The molecule has 0 radical (unpaired) electrons. The van der Waals surface area contributed by atoms with E-state index in [4.69, 9.17) is 0 Å². The molecule has 284 valence electrons. The van der Waals surface area contributed by atoms with E-state index in [1.807, 2.05) is 11.3 Å². The number of anilines is 3. The summed E-state index contributed by atoms with van der Waals surface area (Å²) in [5.74, 6) is 0. The van der Waals surface area contributed by atoms with Crippen molar-refractivity contribution in [2.45, 2.75) is 24.7 Å². The van der Waals surface area contributed by atoms with E-state index >= 15 is 0 Å². The number of benzene rings is 9. The highest BCUT2D eigenvalue weighted by Gasteiger charge is 2.46. The van der Waals surface area contributed by atoms with Crippen molar-refractivity contribution in [1.82, 2.24) is 0 Å². The number of rotatable bonds is 6. The molecule has 1 aromatic heterocycles. The van der Waals surface area contributed by atoms with Crippen LogP contribution in [0.15, 0.2) is 212 Å². The molecule has 60 heavy (non-hydrogen) atoms. The first kappa shape index (κ1) is 35.0. The average molecular weight is 784 g/mol. The molecule has 0 fully saturated rings. The van der Waals surface area contributed by atoms with Crippen LogP contribution in [0.4, 0.5) is 17.1 Å². The Morgan fingerprint density at radius 3 is 1.75 bits per heavy atom. The van der Waals surface area contributed by atoms with Gasteiger partial charge in [0.15, 0.2) is 0 Å². The average Bonchev–Trinajstić information content (AvgIpc) is 3.91. The monoisotopic (exact) mass is 783 g/mol. The van der Waals surface area contributed by atoms with E-state index in [0.29, 0.717) is 0 Å². The minimum Gasteiger partial charge on any atom is -0.310 e. The summed E-state index contributed by atoms with van der Waals surface area (Å²) in [6, 6.07) is 79.2. The Morgan fingerprint density at radius 2 is 0.967 bits per heavy atom. The molecular weight excluding hydrogens is 743 g/mol. The SMILES string of the molecule is CC1(C)c2ccccc2-c2cccc(-c3cccc(N(c4ccc5c(c4)C(c4ccccc4)(c4ccccc4)c4ccccc4-5)c4cccc5sc6ccccc6c45)c3)c21. The molecule has 1 heterocycles. The van der Waals surface area contributed by atoms with Crippen LogP contribution in [-0.4, -0.2) is 0 Å². The highest BCUT2D eigenvalue weighted by atomic mass is 32.1. The Hall–Kier alpha value is -7.00. The lowest BCUT2D eigenvalue weighted by atomic mass is 9.67. The van der Waals surface area contributed by atoms with Crippen LogP contribution in [0.25, 0.3) is 53.6 Å². The number of nitrogens with zero attached hydrogens (tertiary/aromatic N) is 1. The standard InChI is InChI=1S/C58H41NS/c1-57(2)49-29-12-9-25-45(49)47-28-16-27-43(56(47)57)38-18-15-23-41(36-38)59(52-31-17-33-54-55(52)48-26-11-14-32-53(48)60-54)42-34-35-46-44-24-10-13-30-50(44)58(51(46)37-42,39-19-5-3-6-20-39)40-21-7-4-8-22-40/h3-37H,1-2H3. The maximum atomic E-state index is 2.53. The Labute approximate surface area is 355 Å². The molecule has 0 amide bonds. The summed E-state index contributed by atoms with van der Waals surface area (Å²) in [5.41, 5.74) is 18.4. The van der Waals surface area contributed by atoms with Gasteiger partial charge < -0.3 is 4.90 Å². The van der Waals surface area contributed by atoms with Crippen LogP contribution in [-0.2, 0) is 10.8 Å². The quantitative estimate of drug-likeness (QED) is 0.162. The summed E-state index contributed by atoms with van der Waals surface area (Å²) in [4.78, 5) is 2.53. The first-order valence-corrected chi connectivity index (χ1v) is 21.7. The van der Waals surface area contributed by atoms with E-state index in [0.717, 1.165) is 11.4 Å². The number of hydrogen-bond acceptors (Lipinski definition) is 2. The zero-order valence-corrected chi connectivity index (χ0v) is 34.4. The predicted molar refractivity (Wildman–Crippen MR) is 254 cm³/mol. The van der Waals surface area contributed by atoms with Gasteiger partial charge in [-0.2, -0.15) is 0 Å². The van der Waals surface area contributed by atoms with Gasteiger partial charge in [-0.25, -0.2) is 0 Å². The van der Waals surface area contributed by atoms with Gasteiger partial charge in [-0.1, -0.05) is 184 Å². The Balaban J connectivity index is 1.13. The first-order chi connectivity index (χ1) is 29.5. The van der Waals surface area contributed by atoms with E-state index in [1.54, 1.807) is 0 Å². The van der Waals surface area contributed by atoms with Gasteiger partial charge in [0.1, 0.15) is 0 Å². The van der Waals surface area contributed by atoms with Crippen LogP contribution in [0, 0.1) is 0 Å². The van der Waals surface area contributed by atoms with Crippen molar-refractivity contribution in [3.8, 4) is 33.4 Å². The van der Waals surface area contributed by atoms with Gasteiger partial charge in [0.2, 0.25) is 0 Å². The second-order valence-corrected chi connectivity index (χ2v) is 17.9. The Morgan fingerprint density at radius 1 is 0.400 bits per heavy atom. The molecule has 10 aromatic rings. The molecule has 0 aliphatic heterocycles. The second kappa shape index (κ2) is 13.3. The summed E-state index contributed by atoms with van der Waals surface area (Å²) < 4.78 is 2.58. The Kier molecular flexibility index (Phi) is 7.73. The van der Waals surface area contributed by atoms with Crippen LogP contribution >= 0.6 is 11.3 Å². The van der Waals surface area contributed by atoms with Gasteiger partial charge in [0, 0.05) is 37.0 Å².